The van der Waals surface area contributed by atoms with E-state index in [-0.39, 0.29) is 6.04 Å². The molecule has 0 saturated carbocycles. The van der Waals surface area contributed by atoms with E-state index in [1.807, 2.05) is 37.8 Å². The van der Waals surface area contributed by atoms with Gasteiger partial charge in [-0.2, -0.15) is 0 Å². The summed E-state index contributed by atoms with van der Waals surface area (Å²) in [4.78, 5) is 31.1. The smallest absolute Gasteiger partial charge is 0.341 e. The lowest BCUT2D eigenvalue weighted by atomic mass is 10.2. The topological polar surface area (TPSA) is 90.3 Å². The first-order chi connectivity index (χ1) is 14.4. The molecule has 3 rings (SSSR count). The summed E-state index contributed by atoms with van der Waals surface area (Å²) < 4.78 is 11.9. The van der Waals surface area contributed by atoms with Crippen LogP contribution in [-0.4, -0.2) is 51.7 Å². The monoisotopic (exact) mass is 473 g/mol. The zero-order valence-electron chi connectivity index (χ0n) is 17.4. The molecule has 1 aromatic carbocycles. The van der Waals surface area contributed by atoms with Crippen molar-refractivity contribution in [3.8, 4) is 5.75 Å². The molecule has 0 unspecified atom stereocenters. The maximum atomic E-state index is 11.8. The van der Waals surface area contributed by atoms with Crippen molar-refractivity contribution < 1.29 is 14.3 Å². The van der Waals surface area contributed by atoms with Crippen LogP contribution in [0.15, 0.2) is 35.3 Å². The summed E-state index contributed by atoms with van der Waals surface area (Å²) in [7, 11) is 0. The molecule has 3 aromatic rings. The second-order valence-electron chi connectivity index (χ2n) is 6.89. The molecule has 0 atom stereocenters. The molecule has 0 aliphatic heterocycles. The van der Waals surface area contributed by atoms with Gasteiger partial charge in [-0.15, -0.1) is 0 Å². The van der Waals surface area contributed by atoms with Crippen LogP contribution in [0.5, 0.6) is 5.75 Å². The van der Waals surface area contributed by atoms with Crippen LogP contribution in [0, 0.1) is 6.92 Å². The predicted molar refractivity (Wildman–Crippen MR) is 118 cm³/mol. The number of benzene rings is 1. The molecule has 0 aliphatic carbocycles. The van der Waals surface area contributed by atoms with Gasteiger partial charge < -0.3 is 14.4 Å². The van der Waals surface area contributed by atoms with Crippen molar-refractivity contribution in [2.75, 3.05) is 24.7 Å². The number of rotatable bonds is 8. The van der Waals surface area contributed by atoms with Crippen molar-refractivity contribution in [3.63, 3.8) is 0 Å². The Bertz CT molecular complexity index is 1030. The molecule has 0 fully saturated rings. The maximum absolute atomic E-state index is 11.8. The molecule has 8 nitrogen and oxygen atoms in total. The van der Waals surface area contributed by atoms with Crippen LogP contribution in [-0.2, 0) is 4.74 Å². The zero-order valence-corrected chi connectivity index (χ0v) is 19.0. The zero-order chi connectivity index (χ0) is 21.7. The van der Waals surface area contributed by atoms with Crippen LogP contribution in [0.4, 0.5) is 5.95 Å². The van der Waals surface area contributed by atoms with Crippen LogP contribution in [0.25, 0.3) is 10.9 Å². The van der Waals surface area contributed by atoms with E-state index >= 15 is 0 Å². The van der Waals surface area contributed by atoms with Crippen molar-refractivity contribution in [1.29, 1.82) is 0 Å². The number of aryl methyl sites for hydroxylation is 1. The van der Waals surface area contributed by atoms with E-state index in [1.54, 1.807) is 6.92 Å². The van der Waals surface area contributed by atoms with E-state index in [0.29, 0.717) is 37.0 Å². The minimum Gasteiger partial charge on any atom is -0.489 e. The van der Waals surface area contributed by atoms with E-state index < -0.39 is 5.97 Å². The van der Waals surface area contributed by atoms with Crippen molar-refractivity contribution in [3.05, 3.63) is 46.6 Å². The molecule has 0 bridgehead atoms. The van der Waals surface area contributed by atoms with Crippen LogP contribution in [0.3, 0.4) is 0 Å². The van der Waals surface area contributed by atoms with Gasteiger partial charge in [0.05, 0.1) is 18.7 Å². The van der Waals surface area contributed by atoms with Gasteiger partial charge in [-0.25, -0.2) is 24.7 Å². The quantitative estimate of drug-likeness (QED) is 0.454. The fourth-order valence-corrected chi connectivity index (χ4v) is 3.41. The highest BCUT2D eigenvalue weighted by Crippen LogP contribution is 2.29. The number of nitrogens with zero attached hydrogens (tertiary/aromatic N) is 5. The van der Waals surface area contributed by atoms with Crippen molar-refractivity contribution in [2.24, 2.45) is 0 Å². The highest BCUT2D eigenvalue weighted by Gasteiger charge is 2.16. The number of ether oxygens (including phenoxy) is 2. The molecule has 2 aromatic heterocycles. The summed E-state index contributed by atoms with van der Waals surface area (Å²) in [5, 5.41) is 0.945. The number of fused-ring (bicyclic) bond motifs is 1. The molecular weight excluding hydrogens is 450 g/mol. The summed E-state index contributed by atoms with van der Waals surface area (Å²) >= 11 is 3.52. The van der Waals surface area contributed by atoms with E-state index in [9.17, 15) is 4.79 Å². The number of halogens is 1. The molecule has 0 radical (unpaired) electrons. The molecule has 9 heteroatoms. The first kappa shape index (κ1) is 21.9. The number of carbonyl (C=O) groups is 1. The van der Waals surface area contributed by atoms with Gasteiger partial charge in [0.25, 0.3) is 0 Å². The van der Waals surface area contributed by atoms with Crippen LogP contribution >= 0.6 is 15.9 Å². The highest BCUT2D eigenvalue weighted by atomic mass is 79.9. The number of aromatic nitrogens is 4. The summed E-state index contributed by atoms with van der Waals surface area (Å²) in [6, 6.07) is 4.03. The van der Waals surface area contributed by atoms with Gasteiger partial charge in [0, 0.05) is 34.0 Å². The lowest BCUT2D eigenvalue weighted by Crippen LogP contribution is -2.36. The average molecular weight is 474 g/mol. The second-order valence-corrected chi connectivity index (χ2v) is 7.80. The van der Waals surface area contributed by atoms with Gasteiger partial charge >= 0.3 is 5.97 Å². The van der Waals surface area contributed by atoms with Gasteiger partial charge in [-0.1, -0.05) is 15.9 Å². The van der Waals surface area contributed by atoms with Gasteiger partial charge in [-0.3, -0.25) is 0 Å². The largest absolute Gasteiger partial charge is 0.489 e. The Morgan fingerprint density at radius 2 is 1.90 bits per heavy atom. The first-order valence-corrected chi connectivity index (χ1v) is 10.5. The van der Waals surface area contributed by atoms with Gasteiger partial charge in [0.1, 0.15) is 24.2 Å². The SMILES string of the molecule is CCOC(=O)c1cnc(N(CCOc2cc(Br)cc3c(C)ncnc23)C(C)C)nc1. The lowest BCUT2D eigenvalue weighted by Gasteiger charge is -2.26. The molecule has 0 saturated heterocycles. The Labute approximate surface area is 183 Å². The Morgan fingerprint density at radius 3 is 2.57 bits per heavy atom. The first-order valence-electron chi connectivity index (χ1n) is 9.70. The van der Waals surface area contributed by atoms with Crippen molar-refractivity contribution in [2.45, 2.75) is 33.7 Å². The van der Waals surface area contributed by atoms with Crippen LogP contribution in [0.2, 0.25) is 0 Å². The van der Waals surface area contributed by atoms with E-state index in [0.717, 1.165) is 21.1 Å². The summed E-state index contributed by atoms with van der Waals surface area (Å²) in [6.07, 6.45) is 4.51. The van der Waals surface area contributed by atoms with Crippen molar-refractivity contribution in [1.82, 2.24) is 19.9 Å². The highest BCUT2D eigenvalue weighted by molar-refractivity contribution is 9.10. The molecule has 0 N–H and O–H groups in total. The van der Waals surface area contributed by atoms with E-state index in [2.05, 4.69) is 35.9 Å². The number of hydrogen-bond donors (Lipinski definition) is 0. The number of carbonyl (C=O) groups excluding carboxylic acids is 1. The predicted octanol–water partition coefficient (Wildman–Crippen LogP) is 3.96. The molecule has 0 spiro atoms. The number of anilines is 1. The molecule has 158 valence electrons. The minimum atomic E-state index is -0.428. The fourth-order valence-electron chi connectivity index (χ4n) is 2.97. The Morgan fingerprint density at radius 1 is 1.17 bits per heavy atom. The third kappa shape index (κ3) is 5.02. The molecule has 0 aliphatic rings. The summed E-state index contributed by atoms with van der Waals surface area (Å²) in [5.74, 6) is 0.786. The van der Waals surface area contributed by atoms with Crippen LogP contribution < -0.4 is 9.64 Å². The molecule has 2 heterocycles. The summed E-state index contributed by atoms with van der Waals surface area (Å²) in [6.45, 7) is 9.09. The van der Waals surface area contributed by atoms with E-state index in [4.69, 9.17) is 9.47 Å². The second kappa shape index (κ2) is 9.80. The average Bonchev–Trinajstić information content (AvgIpc) is 2.72. The molecule has 0 amide bonds. The van der Waals surface area contributed by atoms with Crippen molar-refractivity contribution >= 4 is 38.8 Å². The number of esters is 1. The lowest BCUT2D eigenvalue weighted by molar-refractivity contribution is 0.0525. The molecular formula is C21H24BrN5O3. The number of hydrogen-bond acceptors (Lipinski definition) is 8. The third-order valence-corrected chi connectivity index (χ3v) is 4.94. The van der Waals surface area contributed by atoms with Gasteiger partial charge in [-0.05, 0) is 39.8 Å². The Balaban J connectivity index is 1.73. The van der Waals surface area contributed by atoms with Gasteiger partial charge in [0.2, 0.25) is 5.95 Å². The third-order valence-electron chi connectivity index (χ3n) is 4.49. The van der Waals surface area contributed by atoms with Gasteiger partial charge in [0.15, 0.2) is 0 Å². The fraction of sp³-hybridized carbons (Fsp3) is 0.381. The van der Waals surface area contributed by atoms with E-state index in [1.165, 1.54) is 18.7 Å². The summed E-state index contributed by atoms with van der Waals surface area (Å²) in [5.41, 5.74) is 2.00. The minimum absolute atomic E-state index is 0.144. The Kier molecular flexibility index (Phi) is 7.15. The standard InChI is InChI=1S/C21H24BrN5O3/c1-5-29-20(28)15-10-23-21(24-11-15)27(13(2)3)6-7-30-18-9-16(22)8-17-14(4)25-12-26-19(17)18/h8-13H,5-7H2,1-4H3. The maximum Gasteiger partial charge on any atom is 0.341 e. The Hall–Kier alpha value is -2.81. The molecule has 30 heavy (non-hydrogen) atoms. The normalized spacial score (nSPS) is 11.0. The van der Waals surface area contributed by atoms with Crippen LogP contribution in [0.1, 0.15) is 36.8 Å².